The summed E-state index contributed by atoms with van der Waals surface area (Å²) in [5.41, 5.74) is 0.260. The first kappa shape index (κ1) is 14.3. The second kappa shape index (κ2) is 5.47. The third kappa shape index (κ3) is 3.06. The lowest BCUT2D eigenvalue weighted by Gasteiger charge is -2.06. The van der Waals surface area contributed by atoms with E-state index in [9.17, 15) is 13.2 Å². The number of methoxy groups -OCH3 is 1. The number of pyridine rings is 1. The maximum Gasteiger partial charge on any atom is 0.345 e. The van der Waals surface area contributed by atoms with E-state index in [0.717, 1.165) is 0 Å². The Hall–Kier alpha value is -2.13. The van der Waals surface area contributed by atoms with Crippen LogP contribution in [0.2, 0.25) is 0 Å². The quantitative estimate of drug-likeness (QED) is 0.869. The van der Waals surface area contributed by atoms with Crippen molar-refractivity contribution in [2.24, 2.45) is 0 Å². The summed E-state index contributed by atoms with van der Waals surface area (Å²) < 4.78 is 31.2. The molecule has 0 amide bonds. The van der Waals surface area contributed by atoms with E-state index in [0.29, 0.717) is 17.2 Å². The summed E-state index contributed by atoms with van der Waals surface area (Å²) in [7, 11) is -2.37. The highest BCUT2D eigenvalue weighted by atomic mass is 32.2. The number of hydrogen-bond donors (Lipinski definition) is 2. The number of sulfonamides is 1. The summed E-state index contributed by atoms with van der Waals surface area (Å²) in [6.07, 6.45) is 1.31. The molecular formula is C11H10N2O5S2. The van der Waals surface area contributed by atoms with E-state index in [1.54, 1.807) is 0 Å². The number of rotatable bonds is 5. The Bertz CT molecular complexity index is 722. The summed E-state index contributed by atoms with van der Waals surface area (Å²) in [6, 6.07) is 5.49. The molecule has 0 aliphatic carbocycles. The minimum Gasteiger partial charge on any atom is -0.481 e. The van der Waals surface area contributed by atoms with Crippen molar-refractivity contribution in [3.63, 3.8) is 0 Å². The van der Waals surface area contributed by atoms with Crippen LogP contribution in [0.25, 0.3) is 0 Å². The van der Waals surface area contributed by atoms with Crippen molar-refractivity contribution in [3.8, 4) is 5.88 Å². The van der Waals surface area contributed by atoms with Gasteiger partial charge in [0.25, 0.3) is 10.0 Å². The van der Waals surface area contributed by atoms with Gasteiger partial charge in [-0.05, 0) is 18.2 Å². The van der Waals surface area contributed by atoms with Crippen molar-refractivity contribution in [1.29, 1.82) is 0 Å². The van der Waals surface area contributed by atoms with Gasteiger partial charge >= 0.3 is 5.97 Å². The zero-order valence-corrected chi connectivity index (χ0v) is 11.9. The SMILES string of the molecule is COc1ccc(NS(=O)(=O)c2ccc(C(=O)O)s2)cn1. The minimum absolute atomic E-state index is 0.0433. The minimum atomic E-state index is -3.82. The Morgan fingerprint density at radius 1 is 1.35 bits per heavy atom. The van der Waals surface area contributed by atoms with Gasteiger partial charge in [-0.3, -0.25) is 4.72 Å². The number of anilines is 1. The summed E-state index contributed by atoms with van der Waals surface area (Å²) in [6.45, 7) is 0. The van der Waals surface area contributed by atoms with Crippen LogP contribution in [-0.2, 0) is 10.0 Å². The van der Waals surface area contributed by atoms with Crippen molar-refractivity contribution in [1.82, 2.24) is 4.98 Å². The molecule has 2 N–H and O–H groups in total. The predicted molar refractivity (Wildman–Crippen MR) is 72.9 cm³/mol. The fourth-order valence-electron chi connectivity index (χ4n) is 1.35. The number of carboxylic acids is 1. The van der Waals surface area contributed by atoms with Crippen molar-refractivity contribution in [2.75, 3.05) is 11.8 Å². The van der Waals surface area contributed by atoms with Crippen molar-refractivity contribution >= 4 is 33.0 Å². The van der Waals surface area contributed by atoms with Gasteiger partial charge in [0, 0.05) is 6.07 Å². The van der Waals surface area contributed by atoms with Crippen LogP contribution in [-0.4, -0.2) is 31.6 Å². The van der Waals surface area contributed by atoms with Gasteiger partial charge < -0.3 is 9.84 Å². The standard InChI is InChI=1S/C11H10N2O5S2/c1-18-9-4-2-7(6-12-9)13-20(16,17)10-5-3-8(19-10)11(14)15/h2-6,13H,1H3,(H,14,15). The van der Waals surface area contributed by atoms with E-state index in [1.165, 1.54) is 37.6 Å². The van der Waals surface area contributed by atoms with Crippen LogP contribution in [0.5, 0.6) is 5.88 Å². The number of nitrogens with one attached hydrogen (secondary N) is 1. The number of ether oxygens (including phenoxy) is 1. The maximum atomic E-state index is 12.0. The molecule has 7 nitrogen and oxygen atoms in total. The van der Waals surface area contributed by atoms with Crippen molar-refractivity contribution in [2.45, 2.75) is 4.21 Å². The van der Waals surface area contributed by atoms with Crippen LogP contribution in [0.15, 0.2) is 34.7 Å². The molecule has 106 valence electrons. The molecule has 0 radical (unpaired) electrons. The van der Waals surface area contributed by atoms with Gasteiger partial charge in [-0.25, -0.2) is 18.2 Å². The number of hydrogen-bond acceptors (Lipinski definition) is 6. The van der Waals surface area contributed by atoms with Crippen LogP contribution in [0.3, 0.4) is 0 Å². The van der Waals surface area contributed by atoms with Crippen LogP contribution in [0.1, 0.15) is 9.67 Å². The number of aromatic carboxylic acids is 1. The Labute approximate surface area is 118 Å². The van der Waals surface area contributed by atoms with Crippen molar-refractivity contribution < 1.29 is 23.1 Å². The topological polar surface area (TPSA) is 106 Å². The first-order valence-corrected chi connectivity index (χ1v) is 7.58. The molecule has 0 aliphatic rings. The summed E-state index contributed by atoms with van der Waals surface area (Å²) in [5.74, 6) is -0.806. The van der Waals surface area contributed by atoms with Crippen LogP contribution < -0.4 is 9.46 Å². The molecular weight excluding hydrogens is 304 g/mol. The molecule has 2 aromatic heterocycles. The molecule has 0 saturated heterocycles. The van der Waals surface area contributed by atoms with Gasteiger partial charge in [0.1, 0.15) is 9.09 Å². The molecule has 0 spiro atoms. The smallest absolute Gasteiger partial charge is 0.345 e. The van der Waals surface area contributed by atoms with Gasteiger partial charge in [-0.2, -0.15) is 0 Å². The molecule has 0 saturated carbocycles. The molecule has 9 heteroatoms. The fourth-order valence-corrected chi connectivity index (χ4v) is 3.53. The zero-order chi connectivity index (χ0) is 14.8. The van der Waals surface area contributed by atoms with Gasteiger partial charge in [0.05, 0.1) is 19.0 Å². The van der Waals surface area contributed by atoms with E-state index in [2.05, 4.69) is 9.71 Å². The highest BCUT2D eigenvalue weighted by Gasteiger charge is 2.19. The molecule has 0 aliphatic heterocycles. The van der Waals surface area contributed by atoms with E-state index < -0.39 is 16.0 Å². The molecule has 2 heterocycles. The Morgan fingerprint density at radius 3 is 2.60 bits per heavy atom. The summed E-state index contributed by atoms with van der Waals surface area (Å²) in [5, 5.41) is 8.78. The van der Waals surface area contributed by atoms with E-state index in [-0.39, 0.29) is 14.8 Å². The number of aromatic nitrogens is 1. The fraction of sp³-hybridized carbons (Fsp3) is 0.0909. The normalized spacial score (nSPS) is 11.1. The van der Waals surface area contributed by atoms with Crippen molar-refractivity contribution in [3.05, 3.63) is 35.3 Å². The summed E-state index contributed by atoms with van der Waals surface area (Å²) in [4.78, 5) is 14.6. The van der Waals surface area contributed by atoms with Crippen LogP contribution in [0, 0.1) is 0 Å². The Morgan fingerprint density at radius 2 is 2.10 bits per heavy atom. The summed E-state index contributed by atoms with van der Waals surface area (Å²) >= 11 is 0.680. The third-order valence-electron chi connectivity index (χ3n) is 2.25. The van der Waals surface area contributed by atoms with Crippen LogP contribution in [0.4, 0.5) is 5.69 Å². The van der Waals surface area contributed by atoms with Gasteiger partial charge in [0.15, 0.2) is 0 Å². The Balaban J connectivity index is 2.23. The predicted octanol–water partition coefficient (Wildman–Crippen LogP) is 1.65. The highest BCUT2D eigenvalue weighted by Crippen LogP contribution is 2.24. The van der Waals surface area contributed by atoms with E-state index in [4.69, 9.17) is 9.84 Å². The zero-order valence-electron chi connectivity index (χ0n) is 10.2. The lowest BCUT2D eigenvalue weighted by Crippen LogP contribution is -2.11. The molecule has 20 heavy (non-hydrogen) atoms. The van der Waals surface area contributed by atoms with Crippen LogP contribution >= 0.6 is 11.3 Å². The molecule has 0 aromatic carbocycles. The first-order chi connectivity index (χ1) is 9.42. The number of nitrogens with zero attached hydrogens (tertiary/aromatic N) is 1. The largest absolute Gasteiger partial charge is 0.481 e. The molecule has 0 fully saturated rings. The molecule has 2 aromatic rings. The first-order valence-electron chi connectivity index (χ1n) is 5.28. The number of carbonyl (C=O) groups is 1. The number of carboxylic acid groups (broad SMARTS) is 1. The lowest BCUT2D eigenvalue weighted by atomic mass is 10.4. The molecule has 0 bridgehead atoms. The van der Waals surface area contributed by atoms with E-state index in [1.807, 2.05) is 0 Å². The molecule has 0 unspecified atom stereocenters. The Kier molecular flexibility index (Phi) is 3.91. The second-order valence-electron chi connectivity index (χ2n) is 3.62. The van der Waals surface area contributed by atoms with E-state index >= 15 is 0 Å². The van der Waals surface area contributed by atoms with Gasteiger partial charge in [-0.1, -0.05) is 0 Å². The van der Waals surface area contributed by atoms with Gasteiger partial charge in [0.2, 0.25) is 5.88 Å². The lowest BCUT2D eigenvalue weighted by molar-refractivity contribution is 0.0702. The second-order valence-corrected chi connectivity index (χ2v) is 6.61. The molecule has 0 atom stereocenters. The number of thiophene rings is 1. The third-order valence-corrected chi connectivity index (χ3v) is 5.20. The average Bonchev–Trinajstić information content (AvgIpc) is 2.90. The maximum absolute atomic E-state index is 12.0. The monoisotopic (exact) mass is 314 g/mol. The average molecular weight is 314 g/mol. The molecule has 2 rings (SSSR count). The van der Waals surface area contributed by atoms with Gasteiger partial charge in [-0.15, -0.1) is 11.3 Å². The highest BCUT2D eigenvalue weighted by molar-refractivity contribution is 7.94.